The largest absolute Gasteiger partial charge is 0.392 e. The fraction of sp³-hybridized carbons (Fsp3) is 0.600. The number of nitrogens with zero attached hydrogens (tertiary/aromatic N) is 2. The van der Waals surface area contributed by atoms with Gasteiger partial charge in [0.25, 0.3) is 0 Å². The van der Waals surface area contributed by atoms with Gasteiger partial charge in [-0.05, 0) is 38.2 Å². The molecule has 18 heavy (non-hydrogen) atoms. The van der Waals surface area contributed by atoms with Gasteiger partial charge >= 0.3 is 0 Å². The van der Waals surface area contributed by atoms with E-state index < -0.39 is 0 Å². The summed E-state index contributed by atoms with van der Waals surface area (Å²) in [5, 5.41) is 9.02. The van der Waals surface area contributed by atoms with Gasteiger partial charge in [-0.1, -0.05) is 31.2 Å². The van der Waals surface area contributed by atoms with Gasteiger partial charge in [-0.25, -0.2) is 0 Å². The molecule has 0 saturated carbocycles. The Morgan fingerprint density at radius 2 is 1.56 bits per heavy atom. The van der Waals surface area contributed by atoms with Crippen LogP contribution in [0.15, 0.2) is 24.3 Å². The molecule has 0 aliphatic carbocycles. The molecule has 0 aromatic heterocycles. The Morgan fingerprint density at radius 1 is 0.944 bits per heavy atom. The molecule has 1 rings (SSSR count). The van der Waals surface area contributed by atoms with Crippen LogP contribution >= 0.6 is 0 Å². The van der Waals surface area contributed by atoms with Crippen molar-refractivity contribution >= 4 is 0 Å². The van der Waals surface area contributed by atoms with Gasteiger partial charge < -0.3 is 10.0 Å². The first-order chi connectivity index (χ1) is 8.65. The molecule has 0 aliphatic heterocycles. The predicted octanol–water partition coefficient (Wildman–Crippen LogP) is 1.95. The summed E-state index contributed by atoms with van der Waals surface area (Å²) in [6, 6.07) is 8.24. The molecule has 3 nitrogen and oxygen atoms in total. The van der Waals surface area contributed by atoms with E-state index in [1.807, 2.05) is 12.1 Å². The van der Waals surface area contributed by atoms with E-state index in [0.29, 0.717) is 0 Å². The molecule has 1 aromatic carbocycles. The summed E-state index contributed by atoms with van der Waals surface area (Å²) in [5.41, 5.74) is 2.30. The quantitative estimate of drug-likeness (QED) is 0.764. The molecule has 0 bridgehead atoms. The summed E-state index contributed by atoms with van der Waals surface area (Å²) in [7, 11) is 4.22. The van der Waals surface area contributed by atoms with E-state index in [9.17, 15) is 0 Å². The lowest BCUT2D eigenvalue weighted by Gasteiger charge is -2.23. The Hall–Kier alpha value is -0.900. The minimum atomic E-state index is 0.125. The molecule has 0 unspecified atom stereocenters. The number of aliphatic hydroxyl groups is 1. The van der Waals surface area contributed by atoms with Crippen molar-refractivity contribution in [1.82, 2.24) is 9.80 Å². The van der Waals surface area contributed by atoms with Gasteiger partial charge in [-0.15, -0.1) is 0 Å². The van der Waals surface area contributed by atoms with Crippen LogP contribution in [0, 0.1) is 0 Å². The van der Waals surface area contributed by atoms with Crippen LogP contribution in [-0.4, -0.2) is 48.6 Å². The maximum absolute atomic E-state index is 9.02. The smallest absolute Gasteiger partial charge is 0.0681 e. The summed E-state index contributed by atoms with van der Waals surface area (Å²) >= 11 is 0. The lowest BCUT2D eigenvalue weighted by Crippen LogP contribution is -2.32. The first-order valence-corrected chi connectivity index (χ1v) is 6.71. The van der Waals surface area contributed by atoms with Crippen LogP contribution in [0.5, 0.6) is 0 Å². The predicted molar refractivity (Wildman–Crippen MR) is 76.5 cm³/mol. The van der Waals surface area contributed by atoms with E-state index >= 15 is 0 Å². The van der Waals surface area contributed by atoms with Crippen molar-refractivity contribution in [1.29, 1.82) is 0 Å². The lowest BCUT2D eigenvalue weighted by atomic mass is 10.1. The van der Waals surface area contributed by atoms with Gasteiger partial charge in [0.15, 0.2) is 0 Å². The SMILES string of the molecule is CCCN(CCN(C)C)Cc1ccc(CO)cc1. The summed E-state index contributed by atoms with van der Waals surface area (Å²) in [6.45, 7) is 6.66. The highest BCUT2D eigenvalue weighted by molar-refractivity contribution is 5.21. The average molecular weight is 250 g/mol. The van der Waals surface area contributed by atoms with Crippen molar-refractivity contribution in [2.75, 3.05) is 33.7 Å². The monoisotopic (exact) mass is 250 g/mol. The van der Waals surface area contributed by atoms with Crippen LogP contribution < -0.4 is 0 Å². The van der Waals surface area contributed by atoms with Crippen molar-refractivity contribution in [3.63, 3.8) is 0 Å². The molecule has 1 aromatic rings. The Balaban J connectivity index is 2.52. The molecular weight excluding hydrogens is 224 g/mol. The highest BCUT2D eigenvalue weighted by Crippen LogP contribution is 2.08. The van der Waals surface area contributed by atoms with E-state index in [2.05, 4.69) is 43.0 Å². The molecule has 0 atom stereocenters. The second kappa shape index (κ2) is 8.25. The van der Waals surface area contributed by atoms with Crippen LogP contribution in [0.1, 0.15) is 24.5 Å². The highest BCUT2D eigenvalue weighted by atomic mass is 16.3. The number of likely N-dealkylation sites (N-methyl/N-ethyl adjacent to an activating group) is 1. The van der Waals surface area contributed by atoms with E-state index in [-0.39, 0.29) is 6.61 Å². The van der Waals surface area contributed by atoms with Crippen molar-refractivity contribution in [2.45, 2.75) is 26.5 Å². The third kappa shape index (κ3) is 5.63. The fourth-order valence-corrected chi connectivity index (χ4v) is 1.94. The van der Waals surface area contributed by atoms with Crippen LogP contribution in [0.25, 0.3) is 0 Å². The third-order valence-electron chi connectivity index (χ3n) is 3.02. The first kappa shape index (κ1) is 15.2. The zero-order chi connectivity index (χ0) is 13.4. The van der Waals surface area contributed by atoms with Crippen LogP contribution in [-0.2, 0) is 13.2 Å². The molecule has 0 amide bonds. The summed E-state index contributed by atoms with van der Waals surface area (Å²) in [5.74, 6) is 0. The van der Waals surface area contributed by atoms with Gasteiger partial charge in [0, 0.05) is 19.6 Å². The molecule has 3 heteroatoms. The molecule has 0 spiro atoms. The molecule has 102 valence electrons. The Morgan fingerprint density at radius 3 is 2.06 bits per heavy atom. The van der Waals surface area contributed by atoms with Crippen molar-refractivity contribution in [3.8, 4) is 0 Å². The van der Waals surface area contributed by atoms with Gasteiger partial charge in [-0.2, -0.15) is 0 Å². The molecular formula is C15H26N2O. The maximum atomic E-state index is 9.02. The van der Waals surface area contributed by atoms with Crippen molar-refractivity contribution in [3.05, 3.63) is 35.4 Å². The average Bonchev–Trinajstić information content (AvgIpc) is 2.37. The number of benzene rings is 1. The zero-order valence-corrected chi connectivity index (χ0v) is 11.9. The normalized spacial score (nSPS) is 11.4. The minimum absolute atomic E-state index is 0.125. The molecule has 0 radical (unpaired) electrons. The van der Waals surface area contributed by atoms with Crippen LogP contribution in [0.4, 0.5) is 0 Å². The van der Waals surface area contributed by atoms with Crippen LogP contribution in [0.2, 0.25) is 0 Å². The molecule has 1 N–H and O–H groups in total. The highest BCUT2D eigenvalue weighted by Gasteiger charge is 2.05. The van der Waals surface area contributed by atoms with Crippen molar-refractivity contribution in [2.24, 2.45) is 0 Å². The summed E-state index contributed by atoms with van der Waals surface area (Å²) in [6.07, 6.45) is 1.18. The lowest BCUT2D eigenvalue weighted by molar-refractivity contribution is 0.234. The topological polar surface area (TPSA) is 26.7 Å². The standard InChI is InChI=1S/C15H26N2O/c1-4-9-17(11-10-16(2)3)12-14-5-7-15(13-18)8-6-14/h5-8,18H,4,9-13H2,1-3H3. The van der Waals surface area contributed by atoms with Gasteiger partial charge in [-0.3, -0.25) is 4.90 Å². The molecule has 0 fully saturated rings. The van der Waals surface area contributed by atoms with Gasteiger partial charge in [0.2, 0.25) is 0 Å². The molecule has 0 heterocycles. The van der Waals surface area contributed by atoms with Crippen molar-refractivity contribution < 1.29 is 5.11 Å². The van der Waals surface area contributed by atoms with E-state index in [1.54, 1.807) is 0 Å². The summed E-state index contributed by atoms with van der Waals surface area (Å²) in [4.78, 5) is 4.70. The summed E-state index contributed by atoms with van der Waals surface area (Å²) < 4.78 is 0. The maximum Gasteiger partial charge on any atom is 0.0681 e. The van der Waals surface area contributed by atoms with Gasteiger partial charge in [0.05, 0.1) is 6.61 Å². The first-order valence-electron chi connectivity index (χ1n) is 6.71. The van der Waals surface area contributed by atoms with E-state index in [0.717, 1.165) is 31.7 Å². The number of hydrogen-bond acceptors (Lipinski definition) is 3. The Bertz CT molecular complexity index is 322. The van der Waals surface area contributed by atoms with Gasteiger partial charge in [0.1, 0.15) is 0 Å². The van der Waals surface area contributed by atoms with E-state index in [4.69, 9.17) is 5.11 Å². The second-order valence-electron chi connectivity index (χ2n) is 5.05. The number of aliphatic hydroxyl groups excluding tert-OH is 1. The fourth-order valence-electron chi connectivity index (χ4n) is 1.94. The zero-order valence-electron chi connectivity index (χ0n) is 11.9. The minimum Gasteiger partial charge on any atom is -0.392 e. The Kier molecular flexibility index (Phi) is 6.94. The Labute approximate surface area is 111 Å². The second-order valence-corrected chi connectivity index (χ2v) is 5.05. The molecule has 0 aliphatic rings. The number of hydrogen-bond donors (Lipinski definition) is 1. The van der Waals surface area contributed by atoms with E-state index in [1.165, 1.54) is 12.0 Å². The van der Waals surface area contributed by atoms with Crippen LogP contribution in [0.3, 0.4) is 0 Å². The molecule has 0 saturated heterocycles. The third-order valence-corrected chi connectivity index (χ3v) is 3.02. The number of rotatable bonds is 8.